The normalized spacial score (nSPS) is 15.7. The zero-order chi connectivity index (χ0) is 14.0. The molecule has 0 heterocycles. The molecular weight excluding hydrogens is 376 g/mol. The summed E-state index contributed by atoms with van der Waals surface area (Å²) in [5.41, 5.74) is 0.507. The Labute approximate surface area is 128 Å². The monoisotopic (exact) mass is 388 g/mol. The minimum absolute atomic E-state index is 0.134. The van der Waals surface area contributed by atoms with Gasteiger partial charge in [-0.2, -0.15) is 0 Å². The highest BCUT2D eigenvalue weighted by Crippen LogP contribution is 2.20. The summed E-state index contributed by atoms with van der Waals surface area (Å²) in [4.78, 5) is 23.8. The number of benzene rings is 1. The van der Waals surface area contributed by atoms with Gasteiger partial charge in [0, 0.05) is 20.6 Å². The lowest BCUT2D eigenvalue weighted by atomic mass is 10.2. The van der Waals surface area contributed by atoms with Gasteiger partial charge in [0.05, 0.1) is 0 Å². The second-order valence-corrected chi connectivity index (χ2v) is 6.47. The highest BCUT2D eigenvalue weighted by atomic mass is 79.9. The molecule has 102 valence electrons. The van der Waals surface area contributed by atoms with E-state index in [1.807, 2.05) is 6.07 Å². The molecule has 1 aromatic rings. The molecule has 0 bridgehead atoms. The van der Waals surface area contributed by atoms with E-state index < -0.39 is 6.04 Å². The highest BCUT2D eigenvalue weighted by molar-refractivity contribution is 9.11. The van der Waals surface area contributed by atoms with Crippen LogP contribution in [0.5, 0.6) is 0 Å². The van der Waals surface area contributed by atoms with Gasteiger partial charge in [-0.1, -0.05) is 31.9 Å². The lowest BCUT2D eigenvalue weighted by Crippen LogP contribution is -2.45. The van der Waals surface area contributed by atoms with Crippen molar-refractivity contribution in [2.75, 3.05) is 0 Å². The fraction of sp³-hybridized carbons (Fsp3) is 0.385. The van der Waals surface area contributed by atoms with Crippen LogP contribution in [-0.2, 0) is 4.79 Å². The average molecular weight is 390 g/mol. The van der Waals surface area contributed by atoms with Gasteiger partial charge in [-0.15, -0.1) is 0 Å². The molecule has 1 fully saturated rings. The van der Waals surface area contributed by atoms with Gasteiger partial charge in [-0.25, -0.2) is 0 Å². The second kappa shape index (κ2) is 6.05. The second-order valence-electron chi connectivity index (χ2n) is 4.64. The van der Waals surface area contributed by atoms with Gasteiger partial charge >= 0.3 is 0 Å². The lowest BCUT2D eigenvalue weighted by molar-refractivity contribution is -0.122. The van der Waals surface area contributed by atoms with Crippen molar-refractivity contribution < 1.29 is 9.59 Å². The number of halogens is 2. The van der Waals surface area contributed by atoms with E-state index in [0.29, 0.717) is 11.6 Å². The van der Waals surface area contributed by atoms with Crippen LogP contribution < -0.4 is 10.6 Å². The SMILES string of the molecule is CC(NC(=O)c1cc(Br)cc(Br)c1)C(=O)NC1CC1. The number of nitrogens with one attached hydrogen (secondary N) is 2. The molecule has 4 nitrogen and oxygen atoms in total. The van der Waals surface area contributed by atoms with Crippen molar-refractivity contribution in [3.05, 3.63) is 32.7 Å². The molecule has 0 spiro atoms. The van der Waals surface area contributed by atoms with Crippen LogP contribution in [0.3, 0.4) is 0 Å². The van der Waals surface area contributed by atoms with E-state index in [-0.39, 0.29) is 11.8 Å². The van der Waals surface area contributed by atoms with Crippen molar-refractivity contribution in [2.24, 2.45) is 0 Å². The van der Waals surface area contributed by atoms with Crippen LogP contribution in [0.1, 0.15) is 30.1 Å². The Balaban J connectivity index is 1.97. The van der Waals surface area contributed by atoms with Crippen molar-refractivity contribution in [3.63, 3.8) is 0 Å². The molecule has 0 aromatic heterocycles. The van der Waals surface area contributed by atoms with E-state index in [2.05, 4.69) is 42.5 Å². The molecule has 2 rings (SSSR count). The van der Waals surface area contributed by atoms with Crippen molar-refractivity contribution in [1.29, 1.82) is 0 Å². The fourth-order valence-electron chi connectivity index (χ4n) is 1.58. The first-order valence-electron chi connectivity index (χ1n) is 6.03. The van der Waals surface area contributed by atoms with Crippen molar-refractivity contribution in [2.45, 2.75) is 31.8 Å². The average Bonchev–Trinajstić information content (AvgIpc) is 3.11. The molecule has 2 amide bonds. The van der Waals surface area contributed by atoms with Gasteiger partial charge in [0.2, 0.25) is 5.91 Å². The third-order valence-corrected chi connectivity index (χ3v) is 3.71. The van der Waals surface area contributed by atoms with E-state index in [9.17, 15) is 9.59 Å². The predicted octanol–water partition coefficient (Wildman–Crippen LogP) is 2.61. The summed E-state index contributed by atoms with van der Waals surface area (Å²) in [7, 11) is 0. The number of carbonyl (C=O) groups excluding carboxylic acids is 2. The minimum atomic E-state index is -0.536. The Morgan fingerprint density at radius 1 is 1.21 bits per heavy atom. The van der Waals surface area contributed by atoms with E-state index in [0.717, 1.165) is 21.8 Å². The number of hydrogen-bond acceptors (Lipinski definition) is 2. The zero-order valence-corrected chi connectivity index (χ0v) is 13.5. The Morgan fingerprint density at radius 3 is 2.32 bits per heavy atom. The lowest BCUT2D eigenvalue weighted by Gasteiger charge is -2.14. The van der Waals surface area contributed by atoms with E-state index >= 15 is 0 Å². The molecule has 0 saturated heterocycles. The molecule has 1 aromatic carbocycles. The minimum Gasteiger partial charge on any atom is -0.352 e. The van der Waals surface area contributed by atoms with E-state index in [4.69, 9.17) is 0 Å². The first-order chi connectivity index (χ1) is 8.95. The third kappa shape index (κ3) is 4.31. The molecule has 0 radical (unpaired) electrons. The smallest absolute Gasteiger partial charge is 0.251 e. The van der Waals surface area contributed by atoms with Gasteiger partial charge < -0.3 is 10.6 Å². The molecule has 1 aliphatic carbocycles. The Hall–Kier alpha value is -0.880. The van der Waals surface area contributed by atoms with Crippen molar-refractivity contribution in [1.82, 2.24) is 10.6 Å². The molecular formula is C13H14Br2N2O2. The number of amides is 2. The molecule has 1 unspecified atom stereocenters. The topological polar surface area (TPSA) is 58.2 Å². The first kappa shape index (κ1) is 14.5. The van der Waals surface area contributed by atoms with E-state index in [1.165, 1.54) is 0 Å². The summed E-state index contributed by atoms with van der Waals surface area (Å²) < 4.78 is 1.62. The first-order valence-corrected chi connectivity index (χ1v) is 7.61. The van der Waals surface area contributed by atoms with Gasteiger partial charge in [0.25, 0.3) is 5.91 Å². The van der Waals surface area contributed by atoms with Crippen LogP contribution in [0, 0.1) is 0 Å². The summed E-state index contributed by atoms with van der Waals surface area (Å²) in [5, 5.41) is 5.55. The maximum Gasteiger partial charge on any atom is 0.251 e. The summed E-state index contributed by atoms with van der Waals surface area (Å²) >= 11 is 6.66. The maximum atomic E-state index is 12.0. The van der Waals surface area contributed by atoms with Crippen LogP contribution in [-0.4, -0.2) is 23.9 Å². The quantitative estimate of drug-likeness (QED) is 0.831. The maximum absolute atomic E-state index is 12.0. The highest BCUT2D eigenvalue weighted by Gasteiger charge is 2.26. The van der Waals surface area contributed by atoms with Crippen LogP contribution >= 0.6 is 31.9 Å². The molecule has 0 aliphatic heterocycles. The van der Waals surface area contributed by atoms with Crippen molar-refractivity contribution in [3.8, 4) is 0 Å². The molecule has 1 atom stereocenters. The summed E-state index contributed by atoms with van der Waals surface area (Å²) in [5.74, 6) is -0.398. The number of rotatable bonds is 4. The molecule has 6 heteroatoms. The third-order valence-electron chi connectivity index (χ3n) is 2.79. The Kier molecular flexibility index (Phi) is 4.62. The number of hydrogen-bond donors (Lipinski definition) is 2. The standard InChI is InChI=1S/C13H14Br2N2O2/c1-7(12(18)17-11-2-3-11)16-13(19)8-4-9(14)6-10(15)5-8/h4-7,11H,2-3H2,1H3,(H,16,19)(H,17,18). The van der Waals surface area contributed by atoms with Crippen LogP contribution in [0.15, 0.2) is 27.1 Å². The summed E-state index contributed by atoms with van der Waals surface area (Å²) in [6, 6.07) is 5.04. The van der Waals surface area contributed by atoms with Gasteiger partial charge in [0.15, 0.2) is 0 Å². The van der Waals surface area contributed by atoms with Crippen molar-refractivity contribution >= 4 is 43.7 Å². The Bertz CT molecular complexity index is 495. The van der Waals surface area contributed by atoms with Gasteiger partial charge in [0.1, 0.15) is 6.04 Å². The number of carbonyl (C=O) groups is 2. The Morgan fingerprint density at radius 2 is 1.79 bits per heavy atom. The van der Waals surface area contributed by atoms with E-state index in [1.54, 1.807) is 19.1 Å². The fourth-order valence-corrected chi connectivity index (χ4v) is 2.88. The van der Waals surface area contributed by atoms with Gasteiger partial charge in [-0.3, -0.25) is 9.59 Å². The van der Waals surface area contributed by atoms with Crippen LogP contribution in [0.2, 0.25) is 0 Å². The zero-order valence-electron chi connectivity index (χ0n) is 10.4. The largest absolute Gasteiger partial charge is 0.352 e. The molecule has 1 saturated carbocycles. The molecule has 2 N–H and O–H groups in total. The van der Waals surface area contributed by atoms with Crippen LogP contribution in [0.4, 0.5) is 0 Å². The molecule has 1 aliphatic rings. The molecule has 19 heavy (non-hydrogen) atoms. The summed E-state index contributed by atoms with van der Waals surface area (Å²) in [6.07, 6.45) is 2.07. The van der Waals surface area contributed by atoms with Crippen LogP contribution in [0.25, 0.3) is 0 Å². The summed E-state index contributed by atoms with van der Waals surface area (Å²) in [6.45, 7) is 1.68. The predicted molar refractivity (Wildman–Crippen MR) is 79.9 cm³/mol. The van der Waals surface area contributed by atoms with Gasteiger partial charge in [-0.05, 0) is 38.0 Å².